The number of hydrogen-bond donors (Lipinski definition) is 0. The van der Waals surface area contributed by atoms with E-state index in [0.717, 1.165) is 25.2 Å². The van der Waals surface area contributed by atoms with Crippen molar-refractivity contribution < 1.29 is 9.53 Å². The molecule has 0 spiro atoms. The third-order valence-electron chi connectivity index (χ3n) is 3.01. The van der Waals surface area contributed by atoms with Crippen molar-refractivity contribution in [1.29, 1.82) is 0 Å². The number of esters is 1. The van der Waals surface area contributed by atoms with Crippen LogP contribution in [0.3, 0.4) is 0 Å². The van der Waals surface area contributed by atoms with Crippen molar-refractivity contribution in [3.05, 3.63) is 35.4 Å². The van der Waals surface area contributed by atoms with Gasteiger partial charge in [0.05, 0.1) is 0 Å². The number of carbonyl (C=O) groups is 1. The summed E-state index contributed by atoms with van der Waals surface area (Å²) in [6.07, 6.45) is 0.431. The predicted molar refractivity (Wildman–Crippen MR) is 73.2 cm³/mol. The molecule has 0 radical (unpaired) electrons. The third kappa shape index (κ3) is 4.88. The zero-order chi connectivity index (χ0) is 13.4. The molecule has 1 rings (SSSR count). The maximum atomic E-state index is 11.0. The van der Waals surface area contributed by atoms with Gasteiger partial charge in [-0.05, 0) is 24.2 Å². The second-order valence-corrected chi connectivity index (χ2v) is 4.29. The first kappa shape index (κ1) is 14.7. The lowest BCUT2D eigenvalue weighted by atomic mass is 10.1. The molecule has 0 saturated heterocycles. The molecule has 0 heterocycles. The largest absolute Gasteiger partial charge is 0.461 e. The van der Waals surface area contributed by atoms with E-state index in [1.54, 1.807) is 6.92 Å². The zero-order valence-corrected chi connectivity index (χ0v) is 11.6. The molecule has 0 aliphatic rings. The average Bonchev–Trinajstić information content (AvgIpc) is 2.43. The first-order valence-corrected chi connectivity index (χ1v) is 6.65. The van der Waals surface area contributed by atoms with Crippen molar-refractivity contribution in [2.24, 2.45) is 0 Å². The summed E-state index contributed by atoms with van der Waals surface area (Å²) in [6, 6.07) is 8.27. The molecule has 0 saturated carbocycles. The van der Waals surface area contributed by atoms with Crippen LogP contribution in [-0.4, -0.2) is 24.0 Å². The van der Waals surface area contributed by atoms with Crippen LogP contribution >= 0.6 is 0 Å². The number of hydrogen-bond acceptors (Lipinski definition) is 3. The highest BCUT2D eigenvalue weighted by Crippen LogP contribution is 2.09. The highest BCUT2D eigenvalue weighted by molar-refractivity contribution is 5.68. The number of benzene rings is 1. The molecule has 0 unspecified atom stereocenters. The molecule has 3 heteroatoms. The van der Waals surface area contributed by atoms with Gasteiger partial charge in [0, 0.05) is 13.0 Å². The van der Waals surface area contributed by atoms with Crippen LogP contribution < -0.4 is 0 Å². The van der Waals surface area contributed by atoms with Crippen LogP contribution in [0.1, 0.15) is 38.3 Å². The van der Waals surface area contributed by atoms with Crippen LogP contribution in [0.5, 0.6) is 0 Å². The highest BCUT2D eigenvalue weighted by Gasteiger charge is 2.02. The first-order valence-electron chi connectivity index (χ1n) is 6.65. The minimum atomic E-state index is -0.151. The topological polar surface area (TPSA) is 29.5 Å². The number of nitrogens with zero attached hydrogens (tertiary/aromatic N) is 1. The Kier molecular flexibility index (Phi) is 6.44. The Hall–Kier alpha value is -1.35. The van der Waals surface area contributed by atoms with Gasteiger partial charge in [-0.3, -0.25) is 9.69 Å². The van der Waals surface area contributed by atoms with E-state index in [1.807, 2.05) is 12.1 Å². The molecule has 0 aromatic heterocycles. The molecule has 0 aliphatic heterocycles. The summed E-state index contributed by atoms with van der Waals surface area (Å²) in [7, 11) is 0. The molecule has 0 atom stereocenters. The van der Waals surface area contributed by atoms with Crippen LogP contribution in [-0.2, 0) is 22.7 Å². The fourth-order valence-corrected chi connectivity index (χ4v) is 1.71. The van der Waals surface area contributed by atoms with E-state index in [4.69, 9.17) is 4.74 Å². The van der Waals surface area contributed by atoms with Crippen LogP contribution in [0.15, 0.2) is 24.3 Å². The molecule has 1 aromatic rings. The molecular formula is C15H23NO2. The number of carbonyl (C=O) groups excluding carboxylic acids is 1. The quantitative estimate of drug-likeness (QED) is 0.696. The fourth-order valence-electron chi connectivity index (χ4n) is 1.71. The smallest absolute Gasteiger partial charge is 0.305 e. The molecule has 18 heavy (non-hydrogen) atoms. The van der Waals surface area contributed by atoms with E-state index in [2.05, 4.69) is 30.9 Å². The minimum Gasteiger partial charge on any atom is -0.461 e. The molecule has 3 nitrogen and oxygen atoms in total. The van der Waals surface area contributed by atoms with Crippen molar-refractivity contribution in [2.45, 2.75) is 40.3 Å². The Labute approximate surface area is 110 Å². The van der Waals surface area contributed by atoms with E-state index in [0.29, 0.717) is 13.0 Å². The van der Waals surface area contributed by atoms with Gasteiger partial charge >= 0.3 is 5.97 Å². The third-order valence-corrected chi connectivity index (χ3v) is 3.01. The van der Waals surface area contributed by atoms with Crippen molar-refractivity contribution in [3.63, 3.8) is 0 Å². The van der Waals surface area contributed by atoms with Crippen molar-refractivity contribution in [3.8, 4) is 0 Å². The molecule has 100 valence electrons. The molecule has 0 amide bonds. The van der Waals surface area contributed by atoms with Gasteiger partial charge in [0.25, 0.3) is 0 Å². The number of rotatable bonds is 7. The predicted octanol–water partition coefficient (Wildman–Crippen LogP) is 2.98. The van der Waals surface area contributed by atoms with Gasteiger partial charge in [0.2, 0.25) is 0 Å². The lowest BCUT2D eigenvalue weighted by molar-refractivity contribution is -0.144. The van der Waals surface area contributed by atoms with Gasteiger partial charge in [-0.25, -0.2) is 0 Å². The second kappa shape index (κ2) is 7.88. The van der Waals surface area contributed by atoms with Gasteiger partial charge in [-0.15, -0.1) is 0 Å². The molecule has 0 N–H and O–H groups in total. The summed E-state index contributed by atoms with van der Waals surface area (Å²) in [5.41, 5.74) is 2.34. The standard InChI is InChI=1S/C15H23NO2/c1-4-15(17)18-12-14-9-7-13(8-10-14)11-16(5-2)6-3/h7-10H,4-6,11-12H2,1-3H3. The monoisotopic (exact) mass is 249 g/mol. The van der Waals surface area contributed by atoms with Gasteiger partial charge in [0.15, 0.2) is 0 Å². The van der Waals surface area contributed by atoms with Crippen molar-refractivity contribution in [2.75, 3.05) is 13.1 Å². The van der Waals surface area contributed by atoms with Crippen molar-refractivity contribution in [1.82, 2.24) is 4.90 Å². The Morgan fingerprint density at radius 1 is 1.06 bits per heavy atom. The van der Waals surface area contributed by atoms with Gasteiger partial charge in [-0.1, -0.05) is 45.0 Å². The lowest BCUT2D eigenvalue weighted by Gasteiger charge is -2.18. The van der Waals surface area contributed by atoms with Gasteiger partial charge < -0.3 is 4.74 Å². The summed E-state index contributed by atoms with van der Waals surface area (Å²) in [4.78, 5) is 13.4. The molecule has 0 fully saturated rings. The Morgan fingerprint density at radius 3 is 2.11 bits per heavy atom. The molecular weight excluding hydrogens is 226 g/mol. The SMILES string of the molecule is CCC(=O)OCc1ccc(CN(CC)CC)cc1. The van der Waals surface area contributed by atoms with Crippen LogP contribution in [0.4, 0.5) is 0 Å². The van der Waals surface area contributed by atoms with Crippen LogP contribution in [0, 0.1) is 0 Å². The van der Waals surface area contributed by atoms with Crippen LogP contribution in [0.25, 0.3) is 0 Å². The Balaban J connectivity index is 2.49. The summed E-state index contributed by atoms with van der Waals surface area (Å²) in [5.74, 6) is -0.151. The summed E-state index contributed by atoms with van der Waals surface area (Å²) < 4.78 is 5.09. The highest BCUT2D eigenvalue weighted by atomic mass is 16.5. The molecule has 0 aliphatic carbocycles. The van der Waals surface area contributed by atoms with Gasteiger partial charge in [0.1, 0.15) is 6.61 Å². The van der Waals surface area contributed by atoms with E-state index in [9.17, 15) is 4.79 Å². The normalized spacial score (nSPS) is 10.7. The van der Waals surface area contributed by atoms with E-state index in [-0.39, 0.29) is 5.97 Å². The summed E-state index contributed by atoms with van der Waals surface area (Å²) in [6.45, 7) is 9.61. The first-order chi connectivity index (χ1) is 8.69. The van der Waals surface area contributed by atoms with Crippen molar-refractivity contribution >= 4 is 5.97 Å². The van der Waals surface area contributed by atoms with E-state index < -0.39 is 0 Å². The second-order valence-electron chi connectivity index (χ2n) is 4.29. The zero-order valence-electron chi connectivity index (χ0n) is 11.6. The van der Waals surface area contributed by atoms with E-state index >= 15 is 0 Å². The maximum Gasteiger partial charge on any atom is 0.305 e. The fraction of sp³-hybridized carbons (Fsp3) is 0.533. The maximum absolute atomic E-state index is 11.0. The molecule has 1 aromatic carbocycles. The molecule has 0 bridgehead atoms. The van der Waals surface area contributed by atoms with Crippen LogP contribution in [0.2, 0.25) is 0 Å². The summed E-state index contributed by atoms with van der Waals surface area (Å²) >= 11 is 0. The minimum absolute atomic E-state index is 0.151. The van der Waals surface area contributed by atoms with E-state index in [1.165, 1.54) is 5.56 Å². The Morgan fingerprint density at radius 2 is 1.61 bits per heavy atom. The Bertz CT molecular complexity index is 355. The summed E-state index contributed by atoms with van der Waals surface area (Å²) in [5, 5.41) is 0. The average molecular weight is 249 g/mol. The van der Waals surface area contributed by atoms with Gasteiger partial charge in [-0.2, -0.15) is 0 Å². The lowest BCUT2D eigenvalue weighted by Crippen LogP contribution is -2.22. The number of ether oxygens (including phenoxy) is 1.